The number of benzene rings is 1. The molecule has 2 rings (SSSR count). The Morgan fingerprint density at radius 1 is 1.50 bits per heavy atom. The van der Waals surface area contributed by atoms with E-state index in [1.807, 2.05) is 0 Å². The lowest BCUT2D eigenvalue weighted by atomic mass is 10.3. The average Bonchev–Trinajstić information content (AvgIpc) is 2.73. The number of amides is 2. The fourth-order valence-electron chi connectivity index (χ4n) is 1.31. The highest BCUT2D eigenvalue weighted by Crippen LogP contribution is 2.14. The quantitative estimate of drug-likeness (QED) is 0.894. The van der Waals surface area contributed by atoms with E-state index in [-0.39, 0.29) is 12.6 Å². The number of hydrogen-bond acceptors (Lipinski definition) is 4. The molecule has 0 bridgehead atoms. The van der Waals surface area contributed by atoms with Gasteiger partial charge in [0.15, 0.2) is 5.82 Å². The Morgan fingerprint density at radius 2 is 2.33 bits per heavy atom. The van der Waals surface area contributed by atoms with E-state index in [9.17, 15) is 4.79 Å². The molecule has 0 radical (unpaired) electrons. The Bertz CT molecular complexity index is 555. The van der Waals surface area contributed by atoms with Gasteiger partial charge in [-0.25, -0.2) is 4.79 Å². The molecule has 2 N–H and O–H groups in total. The Balaban J connectivity index is 1.85. The molecule has 0 aliphatic rings. The van der Waals surface area contributed by atoms with Gasteiger partial charge in [-0.2, -0.15) is 4.98 Å². The number of urea groups is 1. The zero-order valence-electron chi connectivity index (χ0n) is 9.61. The highest BCUT2D eigenvalue weighted by Gasteiger charge is 2.05. The highest BCUT2D eigenvalue weighted by molar-refractivity contribution is 6.30. The van der Waals surface area contributed by atoms with Crippen LogP contribution in [0.3, 0.4) is 0 Å². The molecule has 0 saturated carbocycles. The minimum Gasteiger partial charge on any atom is -0.340 e. The number of carbonyl (C=O) groups excluding carboxylic acids is 1. The second-order valence-corrected chi connectivity index (χ2v) is 3.98. The minimum atomic E-state index is -0.361. The van der Waals surface area contributed by atoms with Crippen molar-refractivity contribution >= 4 is 23.3 Å². The first kappa shape index (κ1) is 12.4. The third kappa shape index (κ3) is 3.46. The number of nitrogens with zero attached hydrogens (tertiary/aromatic N) is 2. The summed E-state index contributed by atoms with van der Waals surface area (Å²) in [7, 11) is 0. The van der Waals surface area contributed by atoms with Crippen LogP contribution in [-0.4, -0.2) is 16.2 Å². The number of carbonyl (C=O) groups is 1. The van der Waals surface area contributed by atoms with Crippen molar-refractivity contribution in [3.8, 4) is 0 Å². The summed E-state index contributed by atoms with van der Waals surface area (Å²) < 4.78 is 4.78. The summed E-state index contributed by atoms with van der Waals surface area (Å²) in [6, 6.07) is 6.51. The Morgan fingerprint density at radius 3 is 3.00 bits per heavy atom. The van der Waals surface area contributed by atoms with E-state index in [0.29, 0.717) is 22.4 Å². The maximum Gasteiger partial charge on any atom is 0.319 e. The molecule has 0 fully saturated rings. The maximum absolute atomic E-state index is 11.6. The van der Waals surface area contributed by atoms with E-state index in [0.717, 1.165) is 0 Å². The lowest BCUT2D eigenvalue weighted by Gasteiger charge is -2.05. The first-order valence-corrected chi connectivity index (χ1v) is 5.61. The third-order valence-electron chi connectivity index (χ3n) is 2.06. The summed E-state index contributed by atoms with van der Waals surface area (Å²) in [5.41, 5.74) is 0.615. The third-order valence-corrected chi connectivity index (χ3v) is 2.29. The van der Waals surface area contributed by atoms with Crippen molar-refractivity contribution < 1.29 is 9.32 Å². The molecular weight excluding hydrogens is 256 g/mol. The molecule has 1 heterocycles. The number of halogens is 1. The van der Waals surface area contributed by atoms with Gasteiger partial charge in [-0.1, -0.05) is 22.8 Å². The molecule has 0 spiro atoms. The number of rotatable bonds is 3. The van der Waals surface area contributed by atoms with Crippen LogP contribution in [0.4, 0.5) is 10.5 Å². The van der Waals surface area contributed by atoms with Crippen molar-refractivity contribution in [1.29, 1.82) is 0 Å². The van der Waals surface area contributed by atoms with Crippen molar-refractivity contribution in [2.75, 3.05) is 5.32 Å². The smallest absolute Gasteiger partial charge is 0.319 e. The van der Waals surface area contributed by atoms with Crippen molar-refractivity contribution in [2.45, 2.75) is 13.5 Å². The lowest BCUT2D eigenvalue weighted by molar-refractivity contribution is 0.251. The van der Waals surface area contributed by atoms with Gasteiger partial charge in [0.1, 0.15) is 0 Å². The normalized spacial score (nSPS) is 10.1. The van der Waals surface area contributed by atoms with Crippen molar-refractivity contribution in [2.24, 2.45) is 0 Å². The first-order valence-electron chi connectivity index (χ1n) is 5.23. The van der Waals surface area contributed by atoms with Crippen LogP contribution in [0.15, 0.2) is 28.8 Å². The van der Waals surface area contributed by atoms with E-state index < -0.39 is 0 Å². The molecule has 2 aromatic rings. The SMILES string of the molecule is Cc1nc(CNC(=O)Nc2cccc(Cl)c2)no1. The van der Waals surface area contributed by atoms with Crippen molar-refractivity contribution in [3.63, 3.8) is 0 Å². The van der Waals surface area contributed by atoms with Gasteiger partial charge in [-0.15, -0.1) is 0 Å². The Labute approximate surface area is 108 Å². The second-order valence-electron chi connectivity index (χ2n) is 3.55. The van der Waals surface area contributed by atoms with Crippen molar-refractivity contribution in [1.82, 2.24) is 15.5 Å². The van der Waals surface area contributed by atoms with E-state index in [1.54, 1.807) is 31.2 Å². The summed E-state index contributed by atoms with van der Waals surface area (Å²) in [5.74, 6) is 0.885. The first-order chi connectivity index (χ1) is 8.63. The van der Waals surface area contributed by atoms with E-state index in [4.69, 9.17) is 16.1 Å². The van der Waals surface area contributed by atoms with Gasteiger partial charge >= 0.3 is 6.03 Å². The largest absolute Gasteiger partial charge is 0.340 e. The number of hydrogen-bond donors (Lipinski definition) is 2. The van der Waals surface area contributed by atoms with E-state index >= 15 is 0 Å². The van der Waals surface area contributed by atoms with E-state index in [2.05, 4.69) is 20.8 Å². The number of anilines is 1. The van der Waals surface area contributed by atoms with Gasteiger partial charge in [-0.3, -0.25) is 0 Å². The average molecular weight is 267 g/mol. The predicted octanol–water partition coefficient (Wildman–Crippen LogP) is 2.35. The van der Waals surface area contributed by atoms with Crippen LogP contribution in [0, 0.1) is 6.92 Å². The van der Waals surface area contributed by atoms with Crippen LogP contribution < -0.4 is 10.6 Å². The molecule has 7 heteroatoms. The fourth-order valence-corrected chi connectivity index (χ4v) is 1.50. The van der Waals surface area contributed by atoms with Crippen LogP contribution in [0.25, 0.3) is 0 Å². The summed E-state index contributed by atoms with van der Waals surface area (Å²) >= 11 is 5.80. The highest BCUT2D eigenvalue weighted by atomic mass is 35.5. The standard InChI is InChI=1S/C11H11ClN4O2/c1-7-14-10(16-18-7)6-13-11(17)15-9-4-2-3-8(12)5-9/h2-5H,6H2,1H3,(H2,13,15,17). The fraction of sp³-hybridized carbons (Fsp3) is 0.182. The number of nitrogens with one attached hydrogen (secondary N) is 2. The van der Waals surface area contributed by atoms with Crippen LogP contribution in [-0.2, 0) is 6.54 Å². The van der Waals surface area contributed by atoms with Crippen LogP contribution in [0.1, 0.15) is 11.7 Å². The van der Waals surface area contributed by atoms with Crippen LogP contribution in [0.2, 0.25) is 5.02 Å². The van der Waals surface area contributed by atoms with Gasteiger partial charge in [0.25, 0.3) is 0 Å². The summed E-state index contributed by atoms with van der Waals surface area (Å²) in [4.78, 5) is 15.5. The molecule has 2 amide bonds. The second kappa shape index (κ2) is 5.50. The summed E-state index contributed by atoms with van der Waals surface area (Å²) in [6.45, 7) is 1.88. The van der Waals surface area contributed by atoms with Crippen LogP contribution in [0.5, 0.6) is 0 Å². The van der Waals surface area contributed by atoms with Gasteiger partial charge in [0.2, 0.25) is 5.89 Å². The molecule has 0 unspecified atom stereocenters. The van der Waals surface area contributed by atoms with Gasteiger partial charge < -0.3 is 15.2 Å². The van der Waals surface area contributed by atoms with Gasteiger partial charge in [0, 0.05) is 17.6 Å². The molecule has 0 aliphatic heterocycles. The molecule has 0 atom stereocenters. The number of aryl methyl sites for hydroxylation is 1. The summed E-state index contributed by atoms with van der Waals surface area (Å²) in [5, 5.41) is 9.46. The Kier molecular flexibility index (Phi) is 3.78. The molecule has 0 aliphatic carbocycles. The molecule has 18 heavy (non-hydrogen) atoms. The molecule has 0 saturated heterocycles. The molecule has 1 aromatic heterocycles. The van der Waals surface area contributed by atoms with E-state index in [1.165, 1.54) is 0 Å². The summed E-state index contributed by atoms with van der Waals surface area (Å²) in [6.07, 6.45) is 0. The monoisotopic (exact) mass is 266 g/mol. The van der Waals surface area contributed by atoms with Crippen molar-refractivity contribution in [3.05, 3.63) is 41.0 Å². The van der Waals surface area contributed by atoms with Gasteiger partial charge in [0.05, 0.1) is 6.54 Å². The molecule has 1 aromatic carbocycles. The zero-order valence-corrected chi connectivity index (χ0v) is 10.4. The minimum absolute atomic E-state index is 0.198. The maximum atomic E-state index is 11.6. The lowest BCUT2D eigenvalue weighted by Crippen LogP contribution is -2.28. The molecule has 94 valence electrons. The zero-order chi connectivity index (χ0) is 13.0. The van der Waals surface area contributed by atoms with Gasteiger partial charge in [-0.05, 0) is 18.2 Å². The number of aromatic nitrogens is 2. The molecule has 6 nitrogen and oxygen atoms in total. The Hall–Kier alpha value is -2.08. The predicted molar refractivity (Wildman–Crippen MR) is 66.3 cm³/mol. The molecular formula is C11H11ClN4O2. The topological polar surface area (TPSA) is 80.0 Å². The van der Waals surface area contributed by atoms with Crippen LogP contribution >= 0.6 is 11.6 Å².